The van der Waals surface area contributed by atoms with Crippen molar-refractivity contribution in [1.82, 2.24) is 20.4 Å². The lowest BCUT2D eigenvalue weighted by molar-refractivity contribution is 0.116. The average molecular weight is 431 g/mol. The zero-order valence-electron chi connectivity index (χ0n) is 14.7. The number of hydrogen-bond donors (Lipinski definition) is 2. The third kappa shape index (κ3) is 6.64. The maximum atomic E-state index is 4.31. The molecule has 1 heterocycles. The number of benzene rings is 1. The lowest BCUT2D eigenvalue weighted by Crippen LogP contribution is -2.55. The summed E-state index contributed by atoms with van der Waals surface area (Å²) in [5.74, 6) is 0.863. The fraction of sp³-hybridized carbons (Fsp3) is 0.588. The molecule has 2 N–H and O–H groups in total. The van der Waals surface area contributed by atoms with Crippen molar-refractivity contribution in [3.8, 4) is 0 Å². The fourth-order valence-corrected chi connectivity index (χ4v) is 2.65. The van der Waals surface area contributed by atoms with Crippen LogP contribution < -0.4 is 10.6 Å². The first-order chi connectivity index (χ1) is 10.6. The van der Waals surface area contributed by atoms with E-state index in [-0.39, 0.29) is 24.0 Å². The topological polar surface area (TPSA) is 42.9 Å². The van der Waals surface area contributed by atoms with Crippen molar-refractivity contribution in [2.24, 2.45) is 4.99 Å². The molecule has 1 aliphatic heterocycles. The molecule has 1 atom stereocenters. The molecule has 1 aromatic rings. The Hall–Kier alpha value is -0.860. The van der Waals surface area contributed by atoms with E-state index >= 15 is 0 Å². The van der Waals surface area contributed by atoms with E-state index in [0.717, 1.165) is 38.7 Å². The monoisotopic (exact) mass is 431 g/mol. The number of guanidine groups is 1. The predicted molar refractivity (Wildman–Crippen MR) is 109 cm³/mol. The Kier molecular flexibility index (Phi) is 8.86. The third-order valence-corrected chi connectivity index (χ3v) is 4.29. The maximum absolute atomic E-state index is 4.31. The van der Waals surface area contributed by atoms with Gasteiger partial charge in [-0.1, -0.05) is 29.8 Å². The van der Waals surface area contributed by atoms with Crippen LogP contribution >= 0.6 is 24.0 Å². The van der Waals surface area contributed by atoms with Gasteiger partial charge >= 0.3 is 0 Å². The van der Waals surface area contributed by atoms with Crippen LogP contribution in [0.25, 0.3) is 0 Å². The number of aryl methyl sites for hydroxylation is 1. The van der Waals surface area contributed by atoms with E-state index in [9.17, 15) is 0 Å². The van der Waals surface area contributed by atoms with Gasteiger partial charge in [0.2, 0.25) is 0 Å². The Labute approximate surface area is 157 Å². The van der Waals surface area contributed by atoms with Crippen molar-refractivity contribution in [3.63, 3.8) is 0 Å². The van der Waals surface area contributed by atoms with E-state index in [1.165, 1.54) is 11.1 Å². The molecule has 0 amide bonds. The Morgan fingerprint density at radius 3 is 2.52 bits per heavy atom. The summed E-state index contributed by atoms with van der Waals surface area (Å²) >= 11 is 0. The Morgan fingerprint density at radius 1 is 1.17 bits per heavy atom. The molecule has 0 saturated carbocycles. The smallest absolute Gasteiger partial charge is 0.191 e. The highest BCUT2D eigenvalue weighted by Gasteiger charge is 2.21. The number of hydrogen-bond acceptors (Lipinski definition) is 3. The molecular formula is C17H30IN5. The Morgan fingerprint density at radius 2 is 1.87 bits per heavy atom. The van der Waals surface area contributed by atoms with Crippen LogP contribution in [0.3, 0.4) is 0 Å². The minimum absolute atomic E-state index is 0. The molecule has 5 nitrogen and oxygen atoms in total. The summed E-state index contributed by atoms with van der Waals surface area (Å²) in [5, 5.41) is 6.82. The van der Waals surface area contributed by atoms with Crippen LogP contribution in [0.5, 0.6) is 0 Å². The first kappa shape index (κ1) is 20.2. The average Bonchev–Trinajstić information content (AvgIpc) is 2.52. The molecule has 130 valence electrons. The summed E-state index contributed by atoms with van der Waals surface area (Å²) in [6.07, 6.45) is 0. The van der Waals surface area contributed by atoms with Gasteiger partial charge in [0.05, 0.1) is 0 Å². The summed E-state index contributed by atoms with van der Waals surface area (Å²) in [6.45, 7) is 7.17. The molecular weight excluding hydrogens is 401 g/mol. The molecule has 0 aromatic heterocycles. The molecule has 0 bridgehead atoms. The SMILES string of the molecule is CN=C(NCc1ccc(C)cc1)NCC1CN(C)CCN1C.I. The summed E-state index contributed by atoms with van der Waals surface area (Å²) in [7, 11) is 6.20. The molecule has 0 radical (unpaired) electrons. The van der Waals surface area contributed by atoms with Gasteiger partial charge in [0.1, 0.15) is 0 Å². The third-order valence-electron chi connectivity index (χ3n) is 4.29. The number of aliphatic imine (C=N–C) groups is 1. The normalized spacial score (nSPS) is 20.0. The number of nitrogens with zero attached hydrogens (tertiary/aromatic N) is 3. The summed E-state index contributed by atoms with van der Waals surface area (Å²) in [6, 6.07) is 9.11. The van der Waals surface area contributed by atoms with Crippen LogP contribution in [0, 0.1) is 6.92 Å². The second-order valence-corrected chi connectivity index (χ2v) is 6.19. The predicted octanol–water partition coefficient (Wildman–Crippen LogP) is 1.52. The van der Waals surface area contributed by atoms with Gasteiger partial charge in [-0.2, -0.15) is 0 Å². The second-order valence-electron chi connectivity index (χ2n) is 6.19. The van der Waals surface area contributed by atoms with Crippen LogP contribution in [0.15, 0.2) is 29.3 Å². The van der Waals surface area contributed by atoms with Gasteiger partial charge in [0.15, 0.2) is 5.96 Å². The lowest BCUT2D eigenvalue weighted by Gasteiger charge is -2.37. The van der Waals surface area contributed by atoms with Gasteiger partial charge in [0, 0.05) is 45.8 Å². The van der Waals surface area contributed by atoms with Gasteiger partial charge in [-0.25, -0.2) is 0 Å². The standard InChI is InChI=1S/C17H29N5.HI/c1-14-5-7-15(8-6-14)11-19-17(18-2)20-12-16-13-21(3)9-10-22(16)4;/h5-8,16H,9-13H2,1-4H3,(H2,18,19,20);1H. The summed E-state index contributed by atoms with van der Waals surface area (Å²) in [5.41, 5.74) is 2.55. The van der Waals surface area contributed by atoms with E-state index in [1.54, 1.807) is 0 Å². The lowest BCUT2D eigenvalue weighted by atomic mass is 10.1. The van der Waals surface area contributed by atoms with Gasteiger partial charge in [-0.3, -0.25) is 9.89 Å². The molecule has 23 heavy (non-hydrogen) atoms. The number of piperazine rings is 1. The largest absolute Gasteiger partial charge is 0.355 e. The van der Waals surface area contributed by atoms with Gasteiger partial charge in [-0.15, -0.1) is 24.0 Å². The van der Waals surface area contributed by atoms with Crippen LogP contribution in [0.2, 0.25) is 0 Å². The molecule has 1 unspecified atom stereocenters. The summed E-state index contributed by atoms with van der Waals surface area (Å²) < 4.78 is 0. The molecule has 1 fully saturated rings. The molecule has 0 aliphatic carbocycles. The Balaban J connectivity index is 0.00000264. The molecule has 1 saturated heterocycles. The van der Waals surface area contributed by atoms with E-state index < -0.39 is 0 Å². The molecule has 6 heteroatoms. The zero-order chi connectivity index (χ0) is 15.9. The second kappa shape index (κ2) is 10.1. The van der Waals surface area contributed by atoms with Crippen LogP contribution in [0.4, 0.5) is 0 Å². The highest BCUT2D eigenvalue weighted by atomic mass is 127. The maximum Gasteiger partial charge on any atom is 0.191 e. The van der Waals surface area contributed by atoms with Crippen LogP contribution in [-0.4, -0.2) is 69.1 Å². The van der Waals surface area contributed by atoms with E-state index in [0.29, 0.717) is 6.04 Å². The van der Waals surface area contributed by atoms with Crippen molar-refractivity contribution in [1.29, 1.82) is 0 Å². The minimum Gasteiger partial charge on any atom is -0.355 e. The highest BCUT2D eigenvalue weighted by Crippen LogP contribution is 2.05. The first-order valence-corrected chi connectivity index (χ1v) is 7.97. The molecule has 2 rings (SSSR count). The fourth-order valence-electron chi connectivity index (χ4n) is 2.65. The van der Waals surface area contributed by atoms with Crippen molar-refractivity contribution in [2.45, 2.75) is 19.5 Å². The number of nitrogens with one attached hydrogen (secondary N) is 2. The van der Waals surface area contributed by atoms with E-state index in [2.05, 4.69) is 70.7 Å². The van der Waals surface area contributed by atoms with Crippen molar-refractivity contribution >= 4 is 29.9 Å². The number of halogens is 1. The zero-order valence-corrected chi connectivity index (χ0v) is 17.0. The highest BCUT2D eigenvalue weighted by molar-refractivity contribution is 14.0. The minimum atomic E-state index is 0. The first-order valence-electron chi connectivity index (χ1n) is 7.97. The van der Waals surface area contributed by atoms with Crippen molar-refractivity contribution in [3.05, 3.63) is 35.4 Å². The van der Waals surface area contributed by atoms with Crippen molar-refractivity contribution < 1.29 is 0 Å². The van der Waals surface area contributed by atoms with Gasteiger partial charge in [0.25, 0.3) is 0 Å². The van der Waals surface area contributed by atoms with Gasteiger partial charge < -0.3 is 15.5 Å². The summed E-state index contributed by atoms with van der Waals surface area (Å²) in [4.78, 5) is 9.11. The van der Waals surface area contributed by atoms with Gasteiger partial charge in [-0.05, 0) is 26.6 Å². The molecule has 1 aromatic carbocycles. The van der Waals surface area contributed by atoms with Crippen LogP contribution in [0.1, 0.15) is 11.1 Å². The quantitative estimate of drug-likeness (QED) is 0.431. The van der Waals surface area contributed by atoms with Crippen molar-refractivity contribution in [2.75, 3.05) is 47.3 Å². The molecule has 1 aliphatic rings. The van der Waals surface area contributed by atoms with E-state index in [4.69, 9.17) is 0 Å². The Bertz CT molecular complexity index is 488. The molecule has 0 spiro atoms. The number of likely N-dealkylation sites (N-methyl/N-ethyl adjacent to an activating group) is 2. The van der Waals surface area contributed by atoms with E-state index in [1.807, 2.05) is 7.05 Å². The number of rotatable bonds is 4. The van der Waals surface area contributed by atoms with Crippen LogP contribution in [-0.2, 0) is 6.54 Å².